The fourth-order valence-corrected chi connectivity index (χ4v) is 0.937. The lowest BCUT2D eigenvalue weighted by Crippen LogP contribution is -1.81. The topological polar surface area (TPSA) is 12.4 Å². The zero-order valence-electron chi connectivity index (χ0n) is 10.6. The Bertz CT molecular complexity index is 265. The van der Waals surface area contributed by atoms with Crippen LogP contribution >= 0.6 is 0 Å². The van der Waals surface area contributed by atoms with Crippen LogP contribution in [0.15, 0.2) is 52.7 Å². The van der Waals surface area contributed by atoms with Crippen LogP contribution in [-0.2, 0) is 0 Å². The highest BCUT2D eigenvalue weighted by Gasteiger charge is 1.94. The third kappa shape index (κ3) is 7.68. The van der Waals surface area contributed by atoms with Crippen molar-refractivity contribution in [2.24, 2.45) is 4.99 Å². The van der Waals surface area contributed by atoms with Crippen LogP contribution in [-0.4, -0.2) is 6.72 Å². The van der Waals surface area contributed by atoms with Crippen molar-refractivity contribution in [3.05, 3.63) is 47.7 Å². The maximum Gasteiger partial charge on any atom is 0.0691 e. The van der Waals surface area contributed by atoms with E-state index < -0.39 is 0 Å². The lowest BCUT2D eigenvalue weighted by atomic mass is 10.1. The van der Waals surface area contributed by atoms with Gasteiger partial charge in [0.25, 0.3) is 0 Å². The van der Waals surface area contributed by atoms with Gasteiger partial charge in [-0.3, -0.25) is 4.99 Å². The molecule has 0 aromatic carbocycles. The summed E-state index contributed by atoms with van der Waals surface area (Å²) in [6.07, 6.45) is 11.9. The van der Waals surface area contributed by atoms with Crippen LogP contribution in [0.2, 0.25) is 0 Å². The zero-order valence-corrected chi connectivity index (χ0v) is 10.6. The fourth-order valence-electron chi connectivity index (χ4n) is 0.937. The van der Waals surface area contributed by atoms with Gasteiger partial charge in [0.05, 0.1) is 5.70 Å². The molecule has 0 N–H and O–H groups in total. The molecule has 0 spiro atoms. The Kier molecular flexibility index (Phi) is 13.5. The van der Waals surface area contributed by atoms with E-state index in [-0.39, 0.29) is 0 Å². The molecule has 0 amide bonds. The molecular weight excluding hydrogens is 182 g/mol. The summed E-state index contributed by atoms with van der Waals surface area (Å²) in [6, 6.07) is 0. The summed E-state index contributed by atoms with van der Waals surface area (Å²) < 4.78 is 0. The van der Waals surface area contributed by atoms with Crippen LogP contribution in [0.3, 0.4) is 0 Å². The molecule has 0 aliphatic carbocycles. The standard InChI is InChI=1S/C12H17N.C2H6/c1-5-8-10-12(13-4)11(7-3)9-6-2;1-2/h5-10H,4H2,1-3H3;1-2H3/b8-5-,9-6-,11-7+,12-10-;. The predicted molar refractivity (Wildman–Crippen MR) is 72.4 cm³/mol. The quantitative estimate of drug-likeness (QED) is 0.466. The summed E-state index contributed by atoms with van der Waals surface area (Å²) in [4.78, 5) is 3.96. The Morgan fingerprint density at radius 2 is 1.67 bits per heavy atom. The molecule has 84 valence electrons. The summed E-state index contributed by atoms with van der Waals surface area (Å²) >= 11 is 0. The lowest BCUT2D eigenvalue weighted by Gasteiger charge is -1.99. The van der Waals surface area contributed by atoms with Crippen LogP contribution in [0.25, 0.3) is 0 Å². The first-order chi connectivity index (χ1) is 7.29. The van der Waals surface area contributed by atoms with Crippen molar-refractivity contribution < 1.29 is 0 Å². The molecule has 0 atom stereocenters. The second-order valence-corrected chi connectivity index (χ2v) is 2.48. The second-order valence-electron chi connectivity index (χ2n) is 2.48. The molecule has 0 unspecified atom stereocenters. The van der Waals surface area contributed by atoms with Gasteiger partial charge >= 0.3 is 0 Å². The van der Waals surface area contributed by atoms with Crippen LogP contribution in [0, 0.1) is 0 Å². The molecule has 0 radical (unpaired) electrons. The van der Waals surface area contributed by atoms with Gasteiger partial charge in [-0.05, 0) is 39.1 Å². The Morgan fingerprint density at radius 3 is 2.00 bits per heavy atom. The number of hydrogen-bond donors (Lipinski definition) is 0. The molecule has 0 fully saturated rings. The van der Waals surface area contributed by atoms with Crippen LogP contribution in [0.4, 0.5) is 0 Å². The van der Waals surface area contributed by atoms with Gasteiger partial charge < -0.3 is 0 Å². The lowest BCUT2D eigenvalue weighted by molar-refractivity contribution is 1.34. The van der Waals surface area contributed by atoms with Gasteiger partial charge in [-0.1, -0.05) is 44.2 Å². The Morgan fingerprint density at radius 1 is 1.07 bits per heavy atom. The third-order valence-electron chi connectivity index (χ3n) is 1.57. The second kappa shape index (κ2) is 12.6. The highest BCUT2D eigenvalue weighted by atomic mass is 14.7. The third-order valence-corrected chi connectivity index (χ3v) is 1.57. The highest BCUT2D eigenvalue weighted by molar-refractivity contribution is 5.45. The van der Waals surface area contributed by atoms with E-state index in [1.54, 1.807) is 0 Å². The van der Waals surface area contributed by atoms with Crippen molar-refractivity contribution >= 4 is 6.72 Å². The highest BCUT2D eigenvalue weighted by Crippen LogP contribution is 2.12. The summed E-state index contributed by atoms with van der Waals surface area (Å²) in [6.45, 7) is 13.5. The van der Waals surface area contributed by atoms with Gasteiger partial charge in [0.2, 0.25) is 0 Å². The molecule has 0 aliphatic rings. The van der Waals surface area contributed by atoms with Crippen molar-refractivity contribution in [2.45, 2.75) is 34.6 Å². The number of rotatable bonds is 4. The molecule has 0 bridgehead atoms. The van der Waals surface area contributed by atoms with E-state index >= 15 is 0 Å². The Hall–Kier alpha value is -1.37. The monoisotopic (exact) mass is 205 g/mol. The average Bonchev–Trinajstić information content (AvgIpc) is 2.31. The van der Waals surface area contributed by atoms with Gasteiger partial charge in [0.15, 0.2) is 0 Å². The normalized spacial score (nSPS) is 12.9. The van der Waals surface area contributed by atoms with Crippen molar-refractivity contribution in [2.75, 3.05) is 0 Å². The minimum absolute atomic E-state index is 0.902. The molecule has 0 aliphatic heterocycles. The van der Waals surface area contributed by atoms with E-state index in [2.05, 4.69) is 11.7 Å². The summed E-state index contributed by atoms with van der Waals surface area (Å²) in [5, 5.41) is 0. The van der Waals surface area contributed by atoms with Gasteiger partial charge in [-0.15, -0.1) is 0 Å². The van der Waals surface area contributed by atoms with E-state index in [1.165, 1.54) is 0 Å². The zero-order chi connectivity index (χ0) is 12.1. The number of hydrogen-bond acceptors (Lipinski definition) is 1. The van der Waals surface area contributed by atoms with Crippen LogP contribution < -0.4 is 0 Å². The summed E-state index contributed by atoms with van der Waals surface area (Å²) in [5.74, 6) is 0. The van der Waals surface area contributed by atoms with Gasteiger partial charge in [0, 0.05) is 0 Å². The van der Waals surface area contributed by atoms with Gasteiger partial charge in [-0.2, -0.15) is 0 Å². The summed E-state index contributed by atoms with van der Waals surface area (Å²) in [7, 11) is 0. The Labute approximate surface area is 94.6 Å². The van der Waals surface area contributed by atoms with Crippen molar-refractivity contribution in [1.82, 2.24) is 0 Å². The van der Waals surface area contributed by atoms with Crippen molar-refractivity contribution in [3.63, 3.8) is 0 Å². The van der Waals surface area contributed by atoms with E-state index in [1.807, 2.05) is 71.1 Å². The Balaban J connectivity index is 0. The van der Waals surface area contributed by atoms with E-state index in [0.717, 1.165) is 11.3 Å². The van der Waals surface area contributed by atoms with E-state index in [0.29, 0.717) is 0 Å². The molecule has 0 aromatic rings. The fraction of sp³-hybridized carbons (Fsp3) is 0.357. The number of allylic oxidation sites excluding steroid dienone is 6. The molecule has 0 heterocycles. The molecular formula is C14H23N. The molecule has 0 aromatic heterocycles. The number of aliphatic imine (C=N–C) groups is 1. The largest absolute Gasteiger partial charge is 0.264 e. The first-order valence-electron chi connectivity index (χ1n) is 5.39. The van der Waals surface area contributed by atoms with Crippen molar-refractivity contribution in [1.29, 1.82) is 0 Å². The first-order valence-corrected chi connectivity index (χ1v) is 5.39. The molecule has 0 saturated carbocycles. The van der Waals surface area contributed by atoms with E-state index in [9.17, 15) is 0 Å². The minimum atomic E-state index is 0.902. The number of nitrogens with zero attached hydrogens (tertiary/aromatic N) is 1. The minimum Gasteiger partial charge on any atom is -0.264 e. The van der Waals surface area contributed by atoms with E-state index in [4.69, 9.17) is 0 Å². The van der Waals surface area contributed by atoms with Gasteiger partial charge in [0.1, 0.15) is 0 Å². The average molecular weight is 205 g/mol. The van der Waals surface area contributed by atoms with Crippen LogP contribution in [0.5, 0.6) is 0 Å². The predicted octanol–water partition coefficient (Wildman–Crippen LogP) is 4.70. The maximum atomic E-state index is 3.96. The first kappa shape index (κ1) is 16.1. The SMILES string of the molecule is C=NC(=C\C=C/C)/C(/C=C\C)=C/C.CC. The summed E-state index contributed by atoms with van der Waals surface area (Å²) in [5.41, 5.74) is 1.99. The smallest absolute Gasteiger partial charge is 0.0691 e. The maximum absolute atomic E-state index is 3.96. The van der Waals surface area contributed by atoms with Crippen LogP contribution in [0.1, 0.15) is 34.6 Å². The molecule has 0 saturated heterocycles. The molecule has 15 heavy (non-hydrogen) atoms. The van der Waals surface area contributed by atoms with Crippen molar-refractivity contribution in [3.8, 4) is 0 Å². The molecule has 1 heteroatoms. The molecule has 0 rings (SSSR count). The van der Waals surface area contributed by atoms with Gasteiger partial charge in [-0.25, -0.2) is 0 Å². The molecule has 1 nitrogen and oxygen atoms in total.